The number of nitrogens with one attached hydrogen (secondary N) is 1. The maximum absolute atomic E-state index is 11.8. The van der Waals surface area contributed by atoms with E-state index in [2.05, 4.69) is 22.0 Å². The number of carbonyl (C=O) groups is 3. The molecular formula is C19H20N2O5S. The highest BCUT2D eigenvalue weighted by atomic mass is 32.1. The third-order valence-electron chi connectivity index (χ3n) is 3.40. The minimum absolute atomic E-state index is 0.208. The summed E-state index contributed by atoms with van der Waals surface area (Å²) in [5.74, 6) is -1.98. The van der Waals surface area contributed by atoms with Crippen molar-refractivity contribution in [2.45, 2.75) is 20.3 Å². The van der Waals surface area contributed by atoms with Gasteiger partial charge >= 0.3 is 11.9 Å². The van der Waals surface area contributed by atoms with Crippen molar-refractivity contribution in [3.63, 3.8) is 0 Å². The molecule has 0 aliphatic rings. The molecular weight excluding hydrogens is 368 g/mol. The number of anilines is 1. The number of carbonyl (C=O) groups excluding carboxylic acids is 3. The number of esters is 2. The predicted molar refractivity (Wildman–Crippen MR) is 102 cm³/mol. The van der Waals surface area contributed by atoms with Gasteiger partial charge in [0.2, 0.25) is 0 Å². The van der Waals surface area contributed by atoms with Gasteiger partial charge in [-0.25, -0.2) is 14.6 Å². The maximum atomic E-state index is 11.8. The number of rotatable bonds is 8. The molecule has 1 aromatic carbocycles. The van der Waals surface area contributed by atoms with Crippen molar-refractivity contribution >= 4 is 34.3 Å². The van der Waals surface area contributed by atoms with E-state index in [-0.39, 0.29) is 6.61 Å². The Kier molecular flexibility index (Phi) is 7.69. The van der Waals surface area contributed by atoms with Crippen LogP contribution in [0.25, 0.3) is 11.3 Å². The van der Waals surface area contributed by atoms with Gasteiger partial charge in [-0.15, -0.1) is 11.3 Å². The van der Waals surface area contributed by atoms with Gasteiger partial charge in [0.25, 0.3) is 5.91 Å². The highest BCUT2D eigenvalue weighted by molar-refractivity contribution is 7.14. The molecule has 7 nitrogen and oxygen atoms in total. The van der Waals surface area contributed by atoms with Crippen LogP contribution in [0.15, 0.2) is 41.8 Å². The number of benzene rings is 1. The van der Waals surface area contributed by atoms with Gasteiger partial charge in [0.15, 0.2) is 11.7 Å². The molecule has 0 fully saturated rings. The molecule has 2 aromatic rings. The fraction of sp³-hybridized carbons (Fsp3) is 0.263. The van der Waals surface area contributed by atoms with Gasteiger partial charge in [-0.2, -0.15) is 0 Å². The van der Waals surface area contributed by atoms with Crippen molar-refractivity contribution in [3.05, 3.63) is 47.4 Å². The Morgan fingerprint density at radius 1 is 1.07 bits per heavy atom. The molecule has 0 atom stereocenters. The first-order valence-electron chi connectivity index (χ1n) is 8.38. The molecule has 0 unspecified atom stereocenters. The fourth-order valence-corrected chi connectivity index (χ4v) is 2.78. The normalized spacial score (nSPS) is 10.6. The average molecular weight is 388 g/mol. The first-order valence-corrected chi connectivity index (χ1v) is 9.26. The molecule has 1 heterocycles. The van der Waals surface area contributed by atoms with Crippen LogP contribution in [0.1, 0.15) is 19.4 Å². The van der Waals surface area contributed by atoms with Crippen molar-refractivity contribution in [2.75, 3.05) is 18.5 Å². The summed E-state index contributed by atoms with van der Waals surface area (Å²) >= 11 is 1.28. The quantitative estimate of drug-likeness (QED) is 0.552. The smallest absolute Gasteiger partial charge is 0.331 e. The molecule has 0 aliphatic heterocycles. The number of nitrogens with zero attached hydrogens (tertiary/aromatic N) is 1. The Bertz CT molecular complexity index is 827. The monoisotopic (exact) mass is 388 g/mol. The van der Waals surface area contributed by atoms with Crippen LogP contribution < -0.4 is 5.32 Å². The fourth-order valence-electron chi connectivity index (χ4n) is 2.04. The summed E-state index contributed by atoms with van der Waals surface area (Å²) in [6.07, 6.45) is 2.82. The standard InChI is InChI=1S/C19H20N2O5S/c1-3-13-5-7-14(8-6-13)15-12-27-19(20-15)21-16(22)11-26-18(24)10-9-17(23)25-4-2/h5-10,12H,3-4,11H2,1-2H3,(H,20,21,22)/b10-9+. The van der Waals surface area contributed by atoms with E-state index in [9.17, 15) is 14.4 Å². The maximum Gasteiger partial charge on any atom is 0.331 e. The van der Waals surface area contributed by atoms with Crippen molar-refractivity contribution in [1.82, 2.24) is 4.98 Å². The van der Waals surface area contributed by atoms with E-state index >= 15 is 0 Å². The molecule has 1 aromatic heterocycles. The van der Waals surface area contributed by atoms with E-state index in [1.807, 2.05) is 29.6 Å². The highest BCUT2D eigenvalue weighted by Gasteiger charge is 2.10. The van der Waals surface area contributed by atoms with Crippen LogP contribution in [0.4, 0.5) is 5.13 Å². The summed E-state index contributed by atoms with van der Waals surface area (Å²) in [5, 5.41) is 4.82. The van der Waals surface area contributed by atoms with E-state index in [1.54, 1.807) is 6.92 Å². The number of amides is 1. The van der Waals surface area contributed by atoms with Crippen LogP contribution in [0.2, 0.25) is 0 Å². The Morgan fingerprint density at radius 3 is 2.37 bits per heavy atom. The molecule has 1 amide bonds. The minimum atomic E-state index is -0.811. The van der Waals surface area contributed by atoms with Crippen LogP contribution in [0.5, 0.6) is 0 Å². The van der Waals surface area contributed by atoms with Gasteiger partial charge in [-0.1, -0.05) is 31.2 Å². The van der Waals surface area contributed by atoms with Crippen molar-refractivity contribution < 1.29 is 23.9 Å². The van der Waals surface area contributed by atoms with Gasteiger partial charge in [0.05, 0.1) is 12.3 Å². The molecule has 8 heteroatoms. The number of hydrogen-bond acceptors (Lipinski definition) is 7. The lowest BCUT2D eigenvalue weighted by atomic mass is 10.1. The van der Waals surface area contributed by atoms with Gasteiger partial charge in [0.1, 0.15) is 0 Å². The SMILES string of the molecule is CCOC(=O)/C=C/C(=O)OCC(=O)Nc1nc(-c2ccc(CC)cc2)cs1. The van der Waals surface area contributed by atoms with Gasteiger partial charge in [-0.05, 0) is 18.9 Å². The lowest BCUT2D eigenvalue weighted by molar-refractivity contribution is -0.143. The molecule has 1 N–H and O–H groups in total. The lowest BCUT2D eigenvalue weighted by Gasteiger charge is -2.02. The van der Waals surface area contributed by atoms with Crippen LogP contribution in [-0.4, -0.2) is 36.0 Å². The van der Waals surface area contributed by atoms with Crippen LogP contribution in [0, 0.1) is 0 Å². The molecule has 27 heavy (non-hydrogen) atoms. The molecule has 0 radical (unpaired) electrons. The van der Waals surface area contributed by atoms with E-state index in [4.69, 9.17) is 4.74 Å². The summed E-state index contributed by atoms with van der Waals surface area (Å²) < 4.78 is 9.38. The van der Waals surface area contributed by atoms with E-state index in [0.29, 0.717) is 5.13 Å². The third-order valence-corrected chi connectivity index (χ3v) is 4.15. The highest BCUT2D eigenvalue weighted by Crippen LogP contribution is 2.25. The molecule has 142 valence electrons. The summed E-state index contributed by atoms with van der Waals surface area (Å²) in [4.78, 5) is 38.7. The summed E-state index contributed by atoms with van der Waals surface area (Å²) in [6, 6.07) is 8.04. The Morgan fingerprint density at radius 2 is 1.74 bits per heavy atom. The number of aromatic nitrogens is 1. The Labute approximate surface area is 161 Å². The topological polar surface area (TPSA) is 94.6 Å². The molecule has 0 saturated carbocycles. The first kappa shape index (κ1) is 20.3. The van der Waals surface area contributed by atoms with Crippen LogP contribution in [-0.2, 0) is 30.3 Å². The number of thiazole rings is 1. The Hall–Kier alpha value is -3.00. The lowest BCUT2D eigenvalue weighted by Crippen LogP contribution is -2.20. The zero-order valence-corrected chi connectivity index (χ0v) is 15.9. The first-order chi connectivity index (χ1) is 13.0. The third kappa shape index (κ3) is 6.67. The molecule has 0 bridgehead atoms. The minimum Gasteiger partial charge on any atom is -0.463 e. The zero-order chi connectivity index (χ0) is 19.6. The second-order valence-electron chi connectivity index (χ2n) is 5.33. The summed E-state index contributed by atoms with van der Waals surface area (Å²) in [5.41, 5.74) is 2.95. The zero-order valence-electron chi connectivity index (χ0n) is 15.1. The van der Waals surface area contributed by atoms with Crippen molar-refractivity contribution in [1.29, 1.82) is 0 Å². The van der Waals surface area contributed by atoms with Gasteiger partial charge in [0, 0.05) is 23.1 Å². The summed E-state index contributed by atoms with van der Waals surface area (Å²) in [6.45, 7) is 3.47. The van der Waals surface area contributed by atoms with Crippen molar-refractivity contribution in [2.24, 2.45) is 0 Å². The molecule has 0 saturated heterocycles. The number of hydrogen-bond donors (Lipinski definition) is 1. The van der Waals surface area contributed by atoms with E-state index in [1.165, 1.54) is 16.9 Å². The average Bonchev–Trinajstić information content (AvgIpc) is 3.13. The van der Waals surface area contributed by atoms with E-state index in [0.717, 1.165) is 29.8 Å². The number of ether oxygens (including phenoxy) is 2. The summed E-state index contributed by atoms with van der Waals surface area (Å²) in [7, 11) is 0. The van der Waals surface area contributed by atoms with E-state index < -0.39 is 24.5 Å². The van der Waals surface area contributed by atoms with Gasteiger partial charge in [-0.3, -0.25) is 10.1 Å². The van der Waals surface area contributed by atoms with Crippen molar-refractivity contribution in [3.8, 4) is 11.3 Å². The predicted octanol–water partition coefficient (Wildman–Crippen LogP) is 2.97. The Balaban J connectivity index is 1.83. The van der Waals surface area contributed by atoms with Crippen LogP contribution in [0.3, 0.4) is 0 Å². The second-order valence-corrected chi connectivity index (χ2v) is 6.19. The molecule has 0 spiro atoms. The molecule has 0 aliphatic carbocycles. The van der Waals surface area contributed by atoms with Crippen LogP contribution >= 0.6 is 11.3 Å². The largest absolute Gasteiger partial charge is 0.463 e. The second kappa shape index (κ2) is 10.2. The number of aryl methyl sites for hydroxylation is 1. The molecule has 2 rings (SSSR count). The van der Waals surface area contributed by atoms with Gasteiger partial charge < -0.3 is 9.47 Å².